The van der Waals surface area contributed by atoms with E-state index in [1.165, 1.54) is 12.5 Å². The van der Waals surface area contributed by atoms with Crippen LogP contribution in [0.25, 0.3) is 10.9 Å². The molecule has 1 fully saturated rings. The molecule has 0 amide bonds. The van der Waals surface area contributed by atoms with Crippen molar-refractivity contribution in [2.75, 3.05) is 11.9 Å². The molecule has 1 aliphatic heterocycles. The lowest BCUT2D eigenvalue weighted by Gasteiger charge is -2.26. The van der Waals surface area contributed by atoms with Crippen LogP contribution in [-0.4, -0.2) is 23.2 Å². The van der Waals surface area contributed by atoms with Crippen molar-refractivity contribution in [2.45, 2.75) is 70.9 Å². The van der Waals surface area contributed by atoms with E-state index in [1.807, 2.05) is 4.57 Å². The predicted molar refractivity (Wildman–Crippen MR) is 108 cm³/mol. The van der Waals surface area contributed by atoms with Gasteiger partial charge >= 0.3 is 5.97 Å². The van der Waals surface area contributed by atoms with Gasteiger partial charge in [-0.15, -0.1) is 0 Å². The van der Waals surface area contributed by atoms with E-state index >= 15 is 0 Å². The smallest absolute Gasteiger partial charge is 0.343 e. The number of benzene rings is 1. The second-order valence-electron chi connectivity index (χ2n) is 7.81. The number of nitrogens with one attached hydrogen (secondary N) is 1. The molecule has 2 aromatic rings. The molecule has 1 saturated carbocycles. The number of hydrogen-bond acceptors (Lipinski definition) is 4. The monoisotopic (exact) mass is 386 g/mol. The first kappa shape index (κ1) is 19.0. The number of ether oxygens (including phenoxy) is 1. The molecule has 2 heterocycles. The van der Waals surface area contributed by atoms with Crippen LogP contribution in [0.3, 0.4) is 0 Å². The molecule has 0 bridgehead atoms. The van der Waals surface area contributed by atoms with Gasteiger partial charge in [-0.3, -0.25) is 4.79 Å². The number of aryl methyl sites for hydroxylation is 1. The fraction of sp³-hybridized carbons (Fsp3) is 0.545. The van der Waals surface area contributed by atoms with Gasteiger partial charge in [-0.25, -0.2) is 9.18 Å². The lowest BCUT2D eigenvalue weighted by molar-refractivity contribution is 0.0522. The molecule has 0 unspecified atom stereocenters. The molecule has 0 saturated heterocycles. The minimum atomic E-state index is -0.607. The topological polar surface area (TPSA) is 60.3 Å². The number of halogens is 1. The molecule has 150 valence electrons. The average molecular weight is 386 g/mol. The fourth-order valence-electron chi connectivity index (χ4n) is 4.58. The van der Waals surface area contributed by atoms with Crippen LogP contribution in [0.4, 0.5) is 10.1 Å². The minimum Gasteiger partial charge on any atom is -0.462 e. The number of carbonyl (C=O) groups excluding carboxylic acids is 1. The average Bonchev–Trinajstić information content (AvgIpc) is 2.70. The molecular weight excluding hydrogens is 359 g/mol. The van der Waals surface area contributed by atoms with E-state index in [4.69, 9.17) is 4.74 Å². The number of esters is 1. The summed E-state index contributed by atoms with van der Waals surface area (Å²) in [6, 6.07) is 3.31. The zero-order chi connectivity index (χ0) is 19.7. The summed E-state index contributed by atoms with van der Waals surface area (Å²) in [5.41, 5.74) is 1.51. The molecule has 1 N–H and O–H groups in total. The zero-order valence-corrected chi connectivity index (χ0v) is 16.4. The molecule has 1 aromatic heterocycles. The van der Waals surface area contributed by atoms with Crippen LogP contribution in [0.15, 0.2) is 16.9 Å². The maximum absolute atomic E-state index is 14.8. The van der Waals surface area contributed by atoms with Crippen LogP contribution in [0, 0.1) is 5.82 Å². The second-order valence-corrected chi connectivity index (χ2v) is 7.81. The fourth-order valence-corrected chi connectivity index (χ4v) is 4.58. The number of hydrogen-bond donors (Lipinski definition) is 1. The van der Waals surface area contributed by atoms with Crippen LogP contribution in [0.2, 0.25) is 0 Å². The Labute approximate surface area is 163 Å². The molecule has 0 atom stereocenters. The summed E-state index contributed by atoms with van der Waals surface area (Å²) in [7, 11) is 0. The Morgan fingerprint density at radius 1 is 1.21 bits per heavy atom. The molecule has 1 aliphatic carbocycles. The van der Waals surface area contributed by atoms with Gasteiger partial charge in [-0.05, 0) is 51.2 Å². The van der Waals surface area contributed by atoms with Gasteiger partial charge in [0.05, 0.1) is 17.8 Å². The van der Waals surface area contributed by atoms with Crippen molar-refractivity contribution >= 4 is 22.6 Å². The van der Waals surface area contributed by atoms with Crippen molar-refractivity contribution in [3.63, 3.8) is 0 Å². The summed E-state index contributed by atoms with van der Waals surface area (Å²) in [6.45, 7) is 2.63. The van der Waals surface area contributed by atoms with Crippen molar-refractivity contribution in [1.82, 2.24) is 4.57 Å². The van der Waals surface area contributed by atoms with Gasteiger partial charge in [-0.2, -0.15) is 0 Å². The third-order valence-electron chi connectivity index (χ3n) is 5.95. The number of pyridine rings is 1. The van der Waals surface area contributed by atoms with Gasteiger partial charge < -0.3 is 14.6 Å². The number of aromatic nitrogens is 1. The van der Waals surface area contributed by atoms with E-state index in [1.54, 1.807) is 13.0 Å². The predicted octanol–water partition coefficient (Wildman–Crippen LogP) is 4.40. The van der Waals surface area contributed by atoms with E-state index in [2.05, 4.69) is 5.32 Å². The molecule has 0 spiro atoms. The van der Waals surface area contributed by atoms with Crippen LogP contribution in [0.5, 0.6) is 0 Å². The van der Waals surface area contributed by atoms with Crippen molar-refractivity contribution < 1.29 is 13.9 Å². The highest BCUT2D eigenvalue weighted by Crippen LogP contribution is 2.29. The Balaban J connectivity index is 1.85. The van der Waals surface area contributed by atoms with Crippen molar-refractivity contribution in [1.29, 1.82) is 0 Å². The largest absolute Gasteiger partial charge is 0.462 e. The standard InChI is InChI=1S/C22H27FN2O3/c1-2-28-22(27)20-18-10-6-7-11-25(18)19-13-17(16(23)12-15(19)21(20)26)24-14-8-4-3-5-9-14/h12-14,24H,2-11H2,1H3. The lowest BCUT2D eigenvalue weighted by atomic mass is 9.95. The van der Waals surface area contributed by atoms with Gasteiger partial charge in [0.2, 0.25) is 5.43 Å². The Hall–Kier alpha value is -2.37. The first-order valence-electron chi connectivity index (χ1n) is 10.4. The maximum atomic E-state index is 14.8. The van der Waals surface area contributed by atoms with Crippen LogP contribution < -0.4 is 10.7 Å². The normalized spacial score (nSPS) is 17.4. The number of fused-ring (bicyclic) bond motifs is 3. The lowest BCUT2D eigenvalue weighted by Crippen LogP contribution is -2.28. The highest BCUT2D eigenvalue weighted by atomic mass is 19.1. The van der Waals surface area contributed by atoms with Gasteiger partial charge in [0.25, 0.3) is 0 Å². The van der Waals surface area contributed by atoms with Crippen molar-refractivity contribution in [3.8, 4) is 0 Å². The first-order valence-corrected chi connectivity index (χ1v) is 10.4. The number of anilines is 1. The summed E-state index contributed by atoms with van der Waals surface area (Å²) in [5.74, 6) is -1.05. The molecule has 4 rings (SSSR count). The molecule has 28 heavy (non-hydrogen) atoms. The quantitative estimate of drug-likeness (QED) is 0.792. The van der Waals surface area contributed by atoms with E-state index in [0.717, 1.165) is 44.2 Å². The highest BCUT2D eigenvalue weighted by molar-refractivity contribution is 5.96. The molecule has 1 aromatic carbocycles. The third-order valence-corrected chi connectivity index (χ3v) is 5.95. The second kappa shape index (κ2) is 7.94. The Morgan fingerprint density at radius 2 is 2.00 bits per heavy atom. The van der Waals surface area contributed by atoms with Gasteiger partial charge in [0.15, 0.2) is 0 Å². The van der Waals surface area contributed by atoms with E-state index < -0.39 is 17.2 Å². The summed E-state index contributed by atoms with van der Waals surface area (Å²) < 4.78 is 22.0. The van der Waals surface area contributed by atoms with Gasteiger partial charge in [0, 0.05) is 23.7 Å². The van der Waals surface area contributed by atoms with E-state index in [0.29, 0.717) is 24.2 Å². The first-order chi connectivity index (χ1) is 13.6. The minimum absolute atomic E-state index is 0.0708. The van der Waals surface area contributed by atoms with Crippen LogP contribution in [-0.2, 0) is 17.7 Å². The Kier molecular flexibility index (Phi) is 5.38. The summed E-state index contributed by atoms with van der Waals surface area (Å²) in [6.07, 6.45) is 8.17. The van der Waals surface area contributed by atoms with E-state index in [9.17, 15) is 14.0 Å². The van der Waals surface area contributed by atoms with Crippen molar-refractivity contribution in [3.05, 3.63) is 39.4 Å². The maximum Gasteiger partial charge on any atom is 0.343 e. The molecule has 0 radical (unpaired) electrons. The summed E-state index contributed by atoms with van der Waals surface area (Å²) in [5, 5.41) is 3.59. The molecular formula is C22H27FN2O3. The Morgan fingerprint density at radius 3 is 2.75 bits per heavy atom. The summed E-state index contributed by atoms with van der Waals surface area (Å²) >= 11 is 0. The molecule has 2 aliphatic rings. The molecule has 6 heteroatoms. The van der Waals surface area contributed by atoms with Gasteiger partial charge in [0.1, 0.15) is 11.4 Å². The SMILES string of the molecule is CCOC(=O)c1c2n(c3cc(NC4CCCCC4)c(F)cc3c1=O)CCCC2. The number of rotatable bonds is 4. The number of nitrogens with zero attached hydrogens (tertiary/aromatic N) is 1. The van der Waals surface area contributed by atoms with E-state index in [-0.39, 0.29) is 23.6 Å². The highest BCUT2D eigenvalue weighted by Gasteiger charge is 2.26. The van der Waals surface area contributed by atoms with Crippen molar-refractivity contribution in [2.24, 2.45) is 0 Å². The van der Waals surface area contributed by atoms with Crippen LogP contribution >= 0.6 is 0 Å². The third kappa shape index (κ3) is 3.40. The van der Waals surface area contributed by atoms with Gasteiger partial charge in [-0.1, -0.05) is 19.3 Å². The molecule has 5 nitrogen and oxygen atoms in total. The number of carbonyl (C=O) groups is 1. The Bertz CT molecular complexity index is 961. The van der Waals surface area contributed by atoms with Crippen LogP contribution in [0.1, 0.15) is 67.9 Å². The zero-order valence-electron chi connectivity index (χ0n) is 16.4. The summed E-state index contributed by atoms with van der Waals surface area (Å²) in [4.78, 5) is 25.5.